The molecule has 4 N–H and O–H groups in total. The first-order valence-corrected chi connectivity index (χ1v) is 10.6. The number of rotatable bonds is 6. The Morgan fingerprint density at radius 2 is 2.10 bits per heavy atom. The van der Waals surface area contributed by atoms with Crippen LogP contribution in [0.3, 0.4) is 0 Å². The number of β-lactam (4-membered cyclic amide) rings is 1. The molecule has 0 aliphatic carbocycles. The zero-order chi connectivity index (χ0) is 20.9. The van der Waals surface area contributed by atoms with E-state index in [2.05, 4.69) is 14.9 Å². The van der Waals surface area contributed by atoms with Gasteiger partial charge in [0.25, 0.3) is 0 Å². The third kappa shape index (κ3) is 3.49. The zero-order valence-corrected chi connectivity index (χ0v) is 17.2. The predicted octanol–water partition coefficient (Wildman–Crippen LogP) is 0.520. The smallest absolute Gasteiger partial charge is 0.353 e. The van der Waals surface area contributed by atoms with Crippen molar-refractivity contribution >= 4 is 29.6 Å². The molecule has 4 heterocycles. The van der Waals surface area contributed by atoms with Gasteiger partial charge in [-0.3, -0.25) is 9.69 Å². The van der Waals surface area contributed by atoms with Gasteiger partial charge in [0.05, 0.1) is 18.1 Å². The van der Waals surface area contributed by atoms with Gasteiger partial charge in [-0.15, -0.1) is 11.8 Å². The van der Waals surface area contributed by atoms with Gasteiger partial charge < -0.3 is 20.8 Å². The number of aliphatic carboxylic acids is 1. The number of hydrogen-bond donors (Lipinski definition) is 3. The molecule has 1 aromatic rings. The maximum Gasteiger partial charge on any atom is 0.353 e. The van der Waals surface area contributed by atoms with Crippen molar-refractivity contribution in [2.24, 2.45) is 11.8 Å². The molecule has 3 aliphatic rings. The van der Waals surface area contributed by atoms with E-state index in [4.69, 9.17) is 5.73 Å². The Hall–Kier alpha value is -2.17. The van der Waals surface area contributed by atoms with E-state index < -0.39 is 18.0 Å². The number of carbonyl (C=O) groups is 2. The van der Waals surface area contributed by atoms with E-state index in [0.29, 0.717) is 0 Å². The number of anilines is 1. The van der Waals surface area contributed by atoms with E-state index in [0.717, 1.165) is 36.5 Å². The second kappa shape index (κ2) is 7.58. The van der Waals surface area contributed by atoms with Gasteiger partial charge in [-0.1, -0.05) is 6.92 Å². The van der Waals surface area contributed by atoms with Crippen LogP contribution in [-0.4, -0.2) is 72.3 Å². The molecule has 9 nitrogen and oxygen atoms in total. The first-order chi connectivity index (χ1) is 13.8. The van der Waals surface area contributed by atoms with Gasteiger partial charge >= 0.3 is 5.97 Å². The first kappa shape index (κ1) is 20.1. The second-order valence-electron chi connectivity index (χ2n) is 7.99. The summed E-state index contributed by atoms with van der Waals surface area (Å²) in [6.07, 6.45) is 3.59. The minimum Gasteiger partial charge on any atom is -0.477 e. The van der Waals surface area contributed by atoms with Crippen molar-refractivity contribution in [1.29, 1.82) is 0 Å². The Labute approximate surface area is 173 Å². The fraction of sp³-hybridized carbons (Fsp3) is 0.579. The van der Waals surface area contributed by atoms with Crippen molar-refractivity contribution in [3.63, 3.8) is 0 Å². The number of carboxylic acid groups (broad SMARTS) is 1. The van der Waals surface area contributed by atoms with Crippen LogP contribution in [0.4, 0.5) is 5.95 Å². The van der Waals surface area contributed by atoms with Crippen LogP contribution in [0.5, 0.6) is 0 Å². The monoisotopic (exact) mass is 419 g/mol. The van der Waals surface area contributed by atoms with Crippen LogP contribution in [0.1, 0.15) is 25.8 Å². The van der Waals surface area contributed by atoms with E-state index in [1.165, 1.54) is 4.90 Å². The van der Waals surface area contributed by atoms with Crippen LogP contribution in [0.2, 0.25) is 0 Å². The largest absolute Gasteiger partial charge is 0.477 e. The maximum atomic E-state index is 12.4. The molecular weight excluding hydrogens is 394 g/mol. The number of aliphatic hydroxyl groups is 1. The molecule has 3 aliphatic heterocycles. The van der Waals surface area contributed by atoms with Crippen LogP contribution in [0.25, 0.3) is 0 Å². The number of fused-ring (bicyclic) bond motifs is 1. The molecule has 5 atom stereocenters. The molecule has 2 saturated heterocycles. The summed E-state index contributed by atoms with van der Waals surface area (Å²) in [5.41, 5.74) is 6.61. The number of amides is 1. The number of thioether (sulfide) groups is 1. The highest BCUT2D eigenvalue weighted by molar-refractivity contribution is 8.03. The summed E-state index contributed by atoms with van der Waals surface area (Å²) in [5.74, 6) is -1.73. The average molecular weight is 420 g/mol. The van der Waals surface area contributed by atoms with Gasteiger partial charge in [-0.25, -0.2) is 14.8 Å². The van der Waals surface area contributed by atoms with Crippen LogP contribution in [-0.2, 0) is 16.1 Å². The molecule has 0 spiro atoms. The topological polar surface area (TPSA) is 133 Å². The molecule has 1 amide bonds. The number of carboxylic acids is 1. The van der Waals surface area contributed by atoms with Crippen molar-refractivity contribution in [3.05, 3.63) is 28.6 Å². The van der Waals surface area contributed by atoms with Crippen molar-refractivity contribution in [1.82, 2.24) is 19.8 Å². The molecule has 2 fully saturated rings. The molecule has 0 aromatic carbocycles. The lowest BCUT2D eigenvalue weighted by molar-refractivity contribution is -0.163. The van der Waals surface area contributed by atoms with Crippen LogP contribution in [0.15, 0.2) is 23.0 Å². The van der Waals surface area contributed by atoms with Crippen molar-refractivity contribution < 1.29 is 19.8 Å². The van der Waals surface area contributed by atoms with E-state index in [-0.39, 0.29) is 34.8 Å². The lowest BCUT2D eigenvalue weighted by Gasteiger charge is -2.46. The van der Waals surface area contributed by atoms with Gasteiger partial charge in [0, 0.05) is 47.1 Å². The normalized spacial score (nSPS) is 30.4. The Morgan fingerprint density at radius 3 is 2.72 bits per heavy atom. The first-order valence-electron chi connectivity index (χ1n) is 9.72. The van der Waals surface area contributed by atoms with Gasteiger partial charge in [0.2, 0.25) is 11.9 Å². The lowest BCUT2D eigenvalue weighted by atomic mass is 9.79. The number of carbonyl (C=O) groups excluding carboxylic acids is 1. The van der Waals surface area contributed by atoms with E-state index in [1.807, 2.05) is 6.92 Å². The van der Waals surface area contributed by atoms with E-state index in [9.17, 15) is 19.8 Å². The minimum atomic E-state index is -1.08. The molecule has 0 bridgehead atoms. The summed E-state index contributed by atoms with van der Waals surface area (Å²) in [5, 5.41) is 19.9. The number of hydrogen-bond acceptors (Lipinski definition) is 8. The summed E-state index contributed by atoms with van der Waals surface area (Å²) >= 11 is 1.57. The van der Waals surface area contributed by atoms with Crippen LogP contribution < -0.4 is 5.73 Å². The Kier molecular flexibility index (Phi) is 5.26. The molecule has 0 radical (unpaired) electrons. The molecule has 4 rings (SSSR count). The molecule has 156 valence electrons. The Balaban J connectivity index is 1.45. The summed E-state index contributed by atoms with van der Waals surface area (Å²) < 4.78 is 0. The highest BCUT2D eigenvalue weighted by Crippen LogP contribution is 2.51. The number of nitrogens with zero attached hydrogens (tertiary/aromatic N) is 4. The fourth-order valence-corrected chi connectivity index (χ4v) is 6.12. The quantitative estimate of drug-likeness (QED) is 0.564. The summed E-state index contributed by atoms with van der Waals surface area (Å²) in [6.45, 7) is 5.98. The molecule has 1 aromatic heterocycles. The molecule has 1 unspecified atom stereocenters. The number of nitrogens with two attached hydrogens (primary N) is 1. The fourth-order valence-electron chi connectivity index (χ4n) is 4.60. The number of nitrogen functional groups attached to an aromatic ring is 1. The highest BCUT2D eigenvalue weighted by atomic mass is 32.2. The molecule has 10 heteroatoms. The lowest BCUT2D eigenvalue weighted by Crippen LogP contribution is -2.63. The third-order valence-electron chi connectivity index (χ3n) is 5.97. The van der Waals surface area contributed by atoms with E-state index in [1.54, 1.807) is 31.1 Å². The summed E-state index contributed by atoms with van der Waals surface area (Å²) in [4.78, 5) is 36.8. The summed E-state index contributed by atoms with van der Waals surface area (Å²) in [7, 11) is 0. The molecule has 0 saturated carbocycles. The number of aliphatic hydroxyl groups excluding tert-OH is 1. The van der Waals surface area contributed by atoms with Crippen LogP contribution >= 0.6 is 11.8 Å². The van der Waals surface area contributed by atoms with Crippen molar-refractivity contribution in [2.75, 3.05) is 18.8 Å². The van der Waals surface area contributed by atoms with Crippen molar-refractivity contribution in [2.45, 2.75) is 44.2 Å². The number of likely N-dealkylation sites (tertiary alicyclic amines) is 1. The average Bonchev–Trinajstić information content (AvgIpc) is 3.18. The van der Waals surface area contributed by atoms with Gasteiger partial charge in [0.1, 0.15) is 5.70 Å². The van der Waals surface area contributed by atoms with E-state index >= 15 is 0 Å². The second-order valence-corrected chi connectivity index (χ2v) is 9.33. The SMILES string of the molecule is C[C@@H](O)[C@H]1C(=O)N2C(C(=O)O)=C(SC3CCN(Cc4cnc(N)nc4)C3)[C@H](C)[C@H]12. The summed E-state index contributed by atoms with van der Waals surface area (Å²) in [6, 6.07) is -0.263. The molecular formula is C19H25N5O4S. The van der Waals surface area contributed by atoms with Crippen LogP contribution in [0, 0.1) is 11.8 Å². The van der Waals surface area contributed by atoms with Gasteiger partial charge in [-0.2, -0.15) is 0 Å². The molecule has 29 heavy (non-hydrogen) atoms. The number of aromatic nitrogens is 2. The zero-order valence-electron chi connectivity index (χ0n) is 16.4. The van der Waals surface area contributed by atoms with Gasteiger partial charge in [0.15, 0.2) is 0 Å². The Morgan fingerprint density at radius 1 is 1.41 bits per heavy atom. The minimum absolute atomic E-state index is 0.0945. The maximum absolute atomic E-state index is 12.4. The van der Waals surface area contributed by atoms with Gasteiger partial charge in [-0.05, 0) is 19.9 Å². The third-order valence-corrected chi connectivity index (χ3v) is 7.50. The predicted molar refractivity (Wildman–Crippen MR) is 107 cm³/mol. The Bertz CT molecular complexity index is 859. The van der Waals surface area contributed by atoms with Crippen molar-refractivity contribution in [3.8, 4) is 0 Å². The standard InChI is InChI=1S/C19H25N5O4S/c1-9-14-13(10(2)25)17(26)24(14)15(18(27)28)16(9)29-12-3-4-23(8-12)7-11-5-21-19(20)22-6-11/h5-6,9-10,12-14,25H,3-4,7-8H2,1-2H3,(H,27,28)(H2,20,21,22)/t9-,10-,12?,13-,14-/m1/s1. The highest BCUT2D eigenvalue weighted by Gasteiger charge is 2.60.